The van der Waals surface area contributed by atoms with Crippen LogP contribution in [0.3, 0.4) is 0 Å². The fraction of sp³-hybridized carbons (Fsp3) is 0. The molecule has 0 N–H and O–H groups in total. The summed E-state index contributed by atoms with van der Waals surface area (Å²) in [5, 5.41) is 2.68. The molecule has 0 aliphatic heterocycles. The van der Waals surface area contributed by atoms with Gasteiger partial charge in [0.15, 0.2) is 0 Å². The van der Waals surface area contributed by atoms with Crippen LogP contribution in [0, 0.1) is 0 Å². The van der Waals surface area contributed by atoms with Crippen molar-refractivity contribution in [2.45, 2.75) is 0 Å². The fourth-order valence-corrected chi connectivity index (χ4v) is 4.39. The number of fused-ring (bicyclic) bond motifs is 1. The number of hydrogen-bond acceptors (Lipinski definition) is 0. The van der Waals surface area contributed by atoms with Crippen molar-refractivity contribution in [2.75, 3.05) is 0 Å². The number of hydrogen-bond donors (Lipinski definition) is 0. The summed E-state index contributed by atoms with van der Waals surface area (Å²) >= 11 is -0.237. The normalized spacial score (nSPS) is 10.6. The second-order valence-electron chi connectivity index (χ2n) is 3.92. The molecule has 17 heavy (non-hydrogen) atoms. The van der Waals surface area contributed by atoms with Crippen molar-refractivity contribution in [1.29, 1.82) is 0 Å². The van der Waals surface area contributed by atoms with Gasteiger partial charge < -0.3 is 0 Å². The SMILES string of the molecule is c1ccc([Te]c2ccc3ccccc3c2)cc1. The molecule has 0 nitrogen and oxygen atoms in total. The molecule has 0 saturated heterocycles. The van der Waals surface area contributed by atoms with Crippen LogP contribution in [0.5, 0.6) is 0 Å². The Balaban J connectivity index is 1.96. The van der Waals surface area contributed by atoms with E-state index in [9.17, 15) is 0 Å². The van der Waals surface area contributed by atoms with Gasteiger partial charge in [-0.2, -0.15) is 0 Å². The molecule has 0 aliphatic rings. The molecule has 0 spiro atoms. The molecule has 3 aromatic rings. The monoisotopic (exact) mass is 334 g/mol. The maximum absolute atomic E-state index is 2.34. The number of rotatable bonds is 2. The molecule has 3 rings (SSSR count). The predicted molar refractivity (Wildman–Crippen MR) is 75.4 cm³/mol. The summed E-state index contributed by atoms with van der Waals surface area (Å²) in [6, 6.07) is 26.2. The van der Waals surface area contributed by atoms with Crippen molar-refractivity contribution in [3.63, 3.8) is 0 Å². The third kappa shape index (κ3) is 2.52. The van der Waals surface area contributed by atoms with E-state index in [-0.39, 0.29) is 20.9 Å². The quantitative estimate of drug-likeness (QED) is 0.633. The van der Waals surface area contributed by atoms with Crippen molar-refractivity contribution in [3.8, 4) is 0 Å². The Labute approximate surface area is 111 Å². The van der Waals surface area contributed by atoms with E-state index < -0.39 is 0 Å². The molecule has 0 aliphatic carbocycles. The molecule has 3 aromatic carbocycles. The standard InChI is InChI=1S/C16H12Te/c1-2-8-15(9-3-1)17-16-11-10-13-6-4-5-7-14(13)12-16/h1-12H. The first kappa shape index (κ1) is 10.8. The van der Waals surface area contributed by atoms with Gasteiger partial charge in [0.2, 0.25) is 0 Å². The molecular weight excluding hydrogens is 320 g/mol. The Bertz CT molecular complexity index is 629. The zero-order chi connectivity index (χ0) is 11.5. The summed E-state index contributed by atoms with van der Waals surface area (Å²) in [5.74, 6) is 0. The predicted octanol–water partition coefficient (Wildman–Crippen LogP) is 2.49. The summed E-state index contributed by atoms with van der Waals surface area (Å²) in [6.07, 6.45) is 0. The van der Waals surface area contributed by atoms with E-state index >= 15 is 0 Å². The second-order valence-corrected chi connectivity index (χ2v) is 7.20. The number of benzene rings is 3. The van der Waals surface area contributed by atoms with Crippen molar-refractivity contribution in [2.24, 2.45) is 0 Å². The summed E-state index contributed by atoms with van der Waals surface area (Å²) in [4.78, 5) is 0. The minimum atomic E-state index is -0.237. The van der Waals surface area contributed by atoms with Crippen LogP contribution in [-0.2, 0) is 0 Å². The molecule has 0 saturated carbocycles. The zero-order valence-electron chi connectivity index (χ0n) is 9.34. The van der Waals surface area contributed by atoms with E-state index in [2.05, 4.69) is 72.8 Å². The molecule has 82 valence electrons. The zero-order valence-corrected chi connectivity index (χ0v) is 11.7. The van der Waals surface area contributed by atoms with Gasteiger partial charge in [0.1, 0.15) is 0 Å². The van der Waals surface area contributed by atoms with Gasteiger partial charge in [-0.25, -0.2) is 0 Å². The third-order valence-corrected chi connectivity index (χ3v) is 5.55. The molecule has 0 bridgehead atoms. The summed E-state index contributed by atoms with van der Waals surface area (Å²) in [7, 11) is 0. The molecule has 1 heteroatoms. The van der Waals surface area contributed by atoms with Gasteiger partial charge in [-0.1, -0.05) is 0 Å². The van der Waals surface area contributed by atoms with Crippen LogP contribution >= 0.6 is 0 Å². The molecule has 0 amide bonds. The van der Waals surface area contributed by atoms with Gasteiger partial charge in [-0.15, -0.1) is 0 Å². The Hall–Kier alpha value is -1.29. The van der Waals surface area contributed by atoms with Crippen LogP contribution in [0.25, 0.3) is 10.8 Å². The van der Waals surface area contributed by atoms with Crippen molar-refractivity contribution >= 4 is 38.9 Å². The Morgan fingerprint density at radius 1 is 0.529 bits per heavy atom. The fourth-order valence-electron chi connectivity index (χ4n) is 1.86. The van der Waals surface area contributed by atoms with E-state index in [1.165, 1.54) is 18.0 Å². The minimum absolute atomic E-state index is 0.237. The van der Waals surface area contributed by atoms with Crippen molar-refractivity contribution in [3.05, 3.63) is 72.8 Å². The Kier molecular flexibility index (Phi) is 3.14. The second kappa shape index (κ2) is 4.92. The van der Waals surface area contributed by atoms with Crippen molar-refractivity contribution < 1.29 is 0 Å². The van der Waals surface area contributed by atoms with Crippen LogP contribution in [-0.4, -0.2) is 20.9 Å². The van der Waals surface area contributed by atoms with E-state index in [1.54, 1.807) is 0 Å². The van der Waals surface area contributed by atoms with Gasteiger partial charge in [0.25, 0.3) is 0 Å². The first-order valence-electron chi connectivity index (χ1n) is 5.63. The van der Waals surface area contributed by atoms with Crippen molar-refractivity contribution in [1.82, 2.24) is 0 Å². The van der Waals surface area contributed by atoms with Crippen LogP contribution in [0.1, 0.15) is 0 Å². The molecule has 0 aromatic heterocycles. The molecular formula is C16H12Te. The van der Waals surface area contributed by atoms with Gasteiger partial charge in [0, 0.05) is 0 Å². The summed E-state index contributed by atoms with van der Waals surface area (Å²) in [6.45, 7) is 0. The molecule has 0 unspecified atom stereocenters. The maximum atomic E-state index is 2.34. The molecule has 0 fully saturated rings. The van der Waals surface area contributed by atoms with Crippen LogP contribution in [0.2, 0.25) is 0 Å². The van der Waals surface area contributed by atoms with Crippen LogP contribution in [0.4, 0.5) is 0 Å². The van der Waals surface area contributed by atoms with E-state index in [1.807, 2.05) is 0 Å². The molecule has 0 heterocycles. The summed E-state index contributed by atoms with van der Waals surface area (Å²) < 4.78 is 2.99. The molecule has 0 atom stereocenters. The van der Waals surface area contributed by atoms with E-state index in [0.29, 0.717) is 0 Å². The first-order chi connectivity index (χ1) is 8.42. The third-order valence-electron chi connectivity index (χ3n) is 2.70. The van der Waals surface area contributed by atoms with Crippen LogP contribution in [0.15, 0.2) is 72.8 Å². The summed E-state index contributed by atoms with van der Waals surface area (Å²) in [5.41, 5.74) is 0. The Morgan fingerprint density at radius 3 is 2.06 bits per heavy atom. The Morgan fingerprint density at radius 2 is 1.24 bits per heavy atom. The van der Waals surface area contributed by atoms with E-state index in [0.717, 1.165) is 0 Å². The van der Waals surface area contributed by atoms with Gasteiger partial charge in [-0.05, 0) is 0 Å². The van der Waals surface area contributed by atoms with Crippen LogP contribution < -0.4 is 7.22 Å². The van der Waals surface area contributed by atoms with E-state index in [4.69, 9.17) is 0 Å². The molecule has 0 radical (unpaired) electrons. The van der Waals surface area contributed by atoms with Gasteiger partial charge >= 0.3 is 112 Å². The topological polar surface area (TPSA) is 0 Å². The van der Waals surface area contributed by atoms with Gasteiger partial charge in [0.05, 0.1) is 0 Å². The van der Waals surface area contributed by atoms with Gasteiger partial charge in [-0.3, -0.25) is 0 Å². The first-order valence-corrected chi connectivity index (χ1v) is 7.96. The average Bonchev–Trinajstić information content (AvgIpc) is 2.40. The average molecular weight is 332 g/mol.